The van der Waals surface area contributed by atoms with Crippen LogP contribution in [0.1, 0.15) is 41.5 Å². The second-order valence-electron chi connectivity index (χ2n) is 7.02. The molecule has 1 aromatic heterocycles. The number of carboxylic acids is 1. The molecular weight excluding hydrogens is 264 g/mol. The standard InChI is InChI=1S/C17H18N2O2/c1-8-18-12-7-11(17(20)21)4-5-13(12)19(8)16-14-9-2-3-10(6-9)15(14)16/h4-5,7,9-10,14-16H,2-3,6H2,1H3,(H,20,21). The first-order valence-electron chi connectivity index (χ1n) is 7.87. The highest BCUT2D eigenvalue weighted by molar-refractivity contribution is 5.92. The summed E-state index contributed by atoms with van der Waals surface area (Å²) >= 11 is 0. The van der Waals surface area contributed by atoms with Gasteiger partial charge in [-0.15, -0.1) is 0 Å². The van der Waals surface area contributed by atoms with Gasteiger partial charge in [-0.1, -0.05) is 0 Å². The zero-order valence-electron chi connectivity index (χ0n) is 12.0. The Morgan fingerprint density at radius 2 is 2.00 bits per heavy atom. The molecule has 21 heavy (non-hydrogen) atoms. The predicted molar refractivity (Wildman–Crippen MR) is 78.3 cm³/mol. The zero-order chi connectivity index (χ0) is 14.3. The average Bonchev–Trinajstić information content (AvgIpc) is 2.81. The summed E-state index contributed by atoms with van der Waals surface area (Å²) < 4.78 is 2.39. The molecule has 4 atom stereocenters. The van der Waals surface area contributed by atoms with Crippen LogP contribution in [0.15, 0.2) is 18.2 Å². The van der Waals surface area contributed by atoms with E-state index in [0.717, 1.165) is 40.5 Å². The minimum atomic E-state index is -0.884. The maximum atomic E-state index is 11.1. The molecule has 1 N–H and O–H groups in total. The number of carboxylic acid groups (broad SMARTS) is 1. The van der Waals surface area contributed by atoms with E-state index in [9.17, 15) is 4.79 Å². The first kappa shape index (κ1) is 11.8. The normalized spacial score (nSPS) is 36.1. The Balaban J connectivity index is 1.61. The van der Waals surface area contributed by atoms with Gasteiger partial charge in [-0.3, -0.25) is 0 Å². The molecule has 5 rings (SSSR count). The van der Waals surface area contributed by atoms with Gasteiger partial charge in [0.1, 0.15) is 5.82 Å². The Bertz CT molecular complexity index is 762. The number of aryl methyl sites for hydroxylation is 1. The summed E-state index contributed by atoms with van der Waals surface area (Å²) in [5, 5.41) is 9.12. The molecule has 3 aliphatic carbocycles. The van der Waals surface area contributed by atoms with Gasteiger partial charge in [0.2, 0.25) is 0 Å². The maximum absolute atomic E-state index is 11.1. The van der Waals surface area contributed by atoms with E-state index in [1.807, 2.05) is 6.07 Å². The molecule has 3 fully saturated rings. The van der Waals surface area contributed by atoms with Crippen LogP contribution in [0.5, 0.6) is 0 Å². The predicted octanol–water partition coefficient (Wildman–Crippen LogP) is 3.26. The highest BCUT2D eigenvalue weighted by Gasteiger charge is 2.66. The van der Waals surface area contributed by atoms with E-state index in [-0.39, 0.29) is 0 Å². The van der Waals surface area contributed by atoms with E-state index in [2.05, 4.69) is 16.5 Å². The lowest BCUT2D eigenvalue weighted by Gasteiger charge is -2.12. The fourth-order valence-corrected chi connectivity index (χ4v) is 5.35. The van der Waals surface area contributed by atoms with Crippen molar-refractivity contribution >= 4 is 17.0 Å². The van der Waals surface area contributed by atoms with Crippen molar-refractivity contribution in [3.05, 3.63) is 29.6 Å². The summed E-state index contributed by atoms with van der Waals surface area (Å²) in [5.74, 6) is 3.73. The van der Waals surface area contributed by atoms with Gasteiger partial charge in [-0.2, -0.15) is 0 Å². The summed E-state index contributed by atoms with van der Waals surface area (Å²) in [4.78, 5) is 15.7. The summed E-state index contributed by atoms with van der Waals surface area (Å²) in [6.45, 7) is 2.05. The summed E-state index contributed by atoms with van der Waals surface area (Å²) in [7, 11) is 0. The fraction of sp³-hybridized carbons (Fsp3) is 0.529. The first-order valence-corrected chi connectivity index (χ1v) is 7.87. The maximum Gasteiger partial charge on any atom is 0.335 e. The molecule has 0 spiro atoms. The molecule has 4 unspecified atom stereocenters. The van der Waals surface area contributed by atoms with Gasteiger partial charge in [0, 0.05) is 6.04 Å². The van der Waals surface area contributed by atoms with Crippen molar-refractivity contribution in [2.24, 2.45) is 23.7 Å². The van der Waals surface area contributed by atoms with Gasteiger partial charge in [0.05, 0.1) is 16.6 Å². The molecule has 1 aromatic carbocycles. The topological polar surface area (TPSA) is 55.1 Å². The largest absolute Gasteiger partial charge is 0.478 e. The molecule has 1 heterocycles. The smallest absolute Gasteiger partial charge is 0.335 e. The fourth-order valence-electron chi connectivity index (χ4n) is 5.35. The number of hydrogen-bond acceptors (Lipinski definition) is 2. The van der Waals surface area contributed by atoms with Gasteiger partial charge in [0.15, 0.2) is 0 Å². The Kier molecular flexibility index (Phi) is 2.06. The van der Waals surface area contributed by atoms with Crippen LogP contribution >= 0.6 is 0 Å². The zero-order valence-corrected chi connectivity index (χ0v) is 12.0. The first-order chi connectivity index (χ1) is 10.1. The lowest BCUT2D eigenvalue weighted by molar-refractivity contribution is 0.0697. The van der Waals surface area contributed by atoms with Crippen molar-refractivity contribution < 1.29 is 9.90 Å². The molecule has 3 saturated carbocycles. The second-order valence-corrected chi connectivity index (χ2v) is 7.02. The van der Waals surface area contributed by atoms with Gasteiger partial charge < -0.3 is 9.67 Å². The molecule has 108 valence electrons. The third kappa shape index (κ3) is 1.40. The number of fused-ring (bicyclic) bond motifs is 6. The highest BCUT2D eigenvalue weighted by atomic mass is 16.4. The van der Waals surface area contributed by atoms with Crippen LogP contribution < -0.4 is 0 Å². The summed E-state index contributed by atoms with van der Waals surface area (Å²) in [6, 6.07) is 5.97. The number of rotatable bonds is 2. The van der Waals surface area contributed by atoms with Crippen molar-refractivity contribution in [2.45, 2.75) is 32.2 Å². The molecule has 4 nitrogen and oxygen atoms in total. The Morgan fingerprint density at radius 3 is 2.67 bits per heavy atom. The van der Waals surface area contributed by atoms with E-state index < -0.39 is 5.97 Å². The quantitative estimate of drug-likeness (QED) is 0.919. The minimum Gasteiger partial charge on any atom is -0.478 e. The van der Waals surface area contributed by atoms with Crippen molar-refractivity contribution in [3.63, 3.8) is 0 Å². The van der Waals surface area contributed by atoms with E-state index in [0.29, 0.717) is 11.6 Å². The molecule has 0 aliphatic heterocycles. The molecule has 2 bridgehead atoms. The number of benzene rings is 1. The molecule has 0 saturated heterocycles. The number of imidazole rings is 1. The average molecular weight is 282 g/mol. The van der Waals surface area contributed by atoms with Crippen LogP contribution in [0, 0.1) is 30.6 Å². The van der Waals surface area contributed by atoms with Crippen LogP contribution in [0.4, 0.5) is 0 Å². The number of aromatic nitrogens is 2. The SMILES string of the molecule is Cc1nc2cc(C(=O)O)ccc2n1C1C2C3CCC(C3)C21. The number of nitrogens with zero attached hydrogens (tertiary/aromatic N) is 2. The van der Waals surface area contributed by atoms with Crippen molar-refractivity contribution in [3.8, 4) is 0 Å². The lowest BCUT2D eigenvalue weighted by Crippen LogP contribution is -2.06. The van der Waals surface area contributed by atoms with E-state index >= 15 is 0 Å². The van der Waals surface area contributed by atoms with Crippen LogP contribution in [-0.4, -0.2) is 20.6 Å². The van der Waals surface area contributed by atoms with Gasteiger partial charge in [0.25, 0.3) is 0 Å². The van der Waals surface area contributed by atoms with E-state index in [4.69, 9.17) is 5.11 Å². The van der Waals surface area contributed by atoms with Crippen molar-refractivity contribution in [2.75, 3.05) is 0 Å². The number of carbonyl (C=O) groups is 1. The van der Waals surface area contributed by atoms with Gasteiger partial charge in [-0.05, 0) is 68.1 Å². The Labute approximate surface area is 122 Å². The van der Waals surface area contributed by atoms with Crippen LogP contribution in [0.25, 0.3) is 11.0 Å². The van der Waals surface area contributed by atoms with E-state index in [1.165, 1.54) is 19.3 Å². The summed E-state index contributed by atoms with van der Waals surface area (Å²) in [5.41, 5.74) is 2.25. The lowest BCUT2D eigenvalue weighted by atomic mass is 10.0. The number of aromatic carboxylic acids is 1. The Morgan fingerprint density at radius 1 is 1.29 bits per heavy atom. The monoisotopic (exact) mass is 282 g/mol. The van der Waals surface area contributed by atoms with Crippen LogP contribution in [0.2, 0.25) is 0 Å². The van der Waals surface area contributed by atoms with Crippen molar-refractivity contribution in [1.82, 2.24) is 9.55 Å². The number of hydrogen-bond donors (Lipinski definition) is 1. The molecule has 0 radical (unpaired) electrons. The third-order valence-electron chi connectivity index (χ3n) is 6.11. The van der Waals surface area contributed by atoms with Crippen LogP contribution in [0.3, 0.4) is 0 Å². The van der Waals surface area contributed by atoms with Crippen LogP contribution in [-0.2, 0) is 0 Å². The molecule has 2 aromatic rings. The second kappa shape index (κ2) is 3.67. The Hall–Kier alpha value is -1.84. The minimum absolute atomic E-state index is 0.322. The van der Waals surface area contributed by atoms with E-state index in [1.54, 1.807) is 12.1 Å². The third-order valence-corrected chi connectivity index (χ3v) is 6.11. The van der Waals surface area contributed by atoms with Gasteiger partial charge >= 0.3 is 5.97 Å². The molecule has 3 aliphatic rings. The molecular formula is C17H18N2O2. The van der Waals surface area contributed by atoms with Gasteiger partial charge in [-0.25, -0.2) is 9.78 Å². The highest BCUT2D eigenvalue weighted by Crippen LogP contribution is 2.71. The molecule has 0 amide bonds. The molecule has 4 heteroatoms. The van der Waals surface area contributed by atoms with Crippen molar-refractivity contribution in [1.29, 1.82) is 0 Å². The summed E-state index contributed by atoms with van der Waals surface area (Å²) in [6.07, 6.45) is 4.27.